The molecule has 7 nitrogen and oxygen atoms in total. The number of carbonyl (C=O) groups is 1. The van der Waals surface area contributed by atoms with E-state index < -0.39 is 10.8 Å². The van der Waals surface area contributed by atoms with Gasteiger partial charge in [0, 0.05) is 13.6 Å². The standard InChI is InChI=1S/C14H22N4O3/c1-14(7-5-3-4-6-8-14)10-15-13(19)12-11(18(20)21)9-16-17(12)2/h9H,3-8,10H2,1-2H3,(H,15,19). The third kappa shape index (κ3) is 3.59. The highest BCUT2D eigenvalue weighted by molar-refractivity contribution is 5.96. The Morgan fingerprint density at radius 1 is 1.43 bits per heavy atom. The number of nitrogens with one attached hydrogen (secondary N) is 1. The van der Waals surface area contributed by atoms with E-state index in [1.807, 2.05) is 0 Å². The first-order valence-corrected chi connectivity index (χ1v) is 7.37. The van der Waals surface area contributed by atoms with E-state index in [4.69, 9.17) is 0 Å². The summed E-state index contributed by atoms with van der Waals surface area (Å²) < 4.78 is 1.25. The van der Waals surface area contributed by atoms with Gasteiger partial charge in [0.15, 0.2) is 0 Å². The van der Waals surface area contributed by atoms with Gasteiger partial charge >= 0.3 is 5.69 Å². The Balaban J connectivity index is 2.05. The molecule has 1 N–H and O–H groups in total. The van der Waals surface area contributed by atoms with E-state index >= 15 is 0 Å². The maximum Gasteiger partial charge on any atom is 0.320 e. The molecule has 116 valence electrons. The molecule has 1 aromatic rings. The summed E-state index contributed by atoms with van der Waals surface area (Å²) in [5.41, 5.74) is -0.155. The highest BCUT2D eigenvalue weighted by Gasteiger charge is 2.29. The van der Waals surface area contributed by atoms with E-state index in [1.165, 1.54) is 37.4 Å². The minimum Gasteiger partial charge on any atom is -0.350 e. The highest BCUT2D eigenvalue weighted by atomic mass is 16.6. The first-order chi connectivity index (χ1) is 9.93. The van der Waals surface area contributed by atoms with Crippen LogP contribution in [0.1, 0.15) is 55.9 Å². The van der Waals surface area contributed by atoms with Crippen LogP contribution >= 0.6 is 0 Å². The highest BCUT2D eigenvalue weighted by Crippen LogP contribution is 2.33. The van der Waals surface area contributed by atoms with E-state index in [0.717, 1.165) is 19.0 Å². The van der Waals surface area contributed by atoms with Gasteiger partial charge in [-0.1, -0.05) is 32.6 Å². The number of nitro groups is 1. The monoisotopic (exact) mass is 294 g/mol. The zero-order chi connectivity index (χ0) is 15.5. The summed E-state index contributed by atoms with van der Waals surface area (Å²) in [5, 5.41) is 17.6. The number of hydrogen-bond acceptors (Lipinski definition) is 4. The van der Waals surface area contributed by atoms with E-state index in [0.29, 0.717) is 6.54 Å². The topological polar surface area (TPSA) is 90.1 Å². The van der Waals surface area contributed by atoms with Gasteiger partial charge in [-0.3, -0.25) is 19.6 Å². The largest absolute Gasteiger partial charge is 0.350 e. The van der Waals surface area contributed by atoms with Gasteiger partial charge in [-0.15, -0.1) is 0 Å². The molecular formula is C14H22N4O3. The molecule has 1 fully saturated rings. The normalized spacial score (nSPS) is 18.0. The molecule has 7 heteroatoms. The van der Waals surface area contributed by atoms with E-state index in [-0.39, 0.29) is 16.8 Å². The minimum absolute atomic E-state index is 0.0113. The van der Waals surface area contributed by atoms with Crippen molar-refractivity contribution in [2.45, 2.75) is 45.4 Å². The molecule has 1 saturated carbocycles. The zero-order valence-corrected chi connectivity index (χ0v) is 12.6. The van der Waals surface area contributed by atoms with Gasteiger partial charge in [-0.2, -0.15) is 5.10 Å². The van der Waals surface area contributed by atoms with Crippen LogP contribution < -0.4 is 5.32 Å². The van der Waals surface area contributed by atoms with Crippen LogP contribution in [0.3, 0.4) is 0 Å². The Labute approximate surface area is 123 Å². The third-order valence-electron chi connectivity index (χ3n) is 4.32. The summed E-state index contributed by atoms with van der Waals surface area (Å²) in [7, 11) is 1.54. The second-order valence-electron chi connectivity index (χ2n) is 6.17. The van der Waals surface area contributed by atoms with Crippen molar-refractivity contribution in [2.75, 3.05) is 6.54 Å². The van der Waals surface area contributed by atoms with Crippen LogP contribution in [0.15, 0.2) is 6.20 Å². The number of rotatable bonds is 4. The van der Waals surface area contributed by atoms with Crippen LogP contribution in [0.5, 0.6) is 0 Å². The molecule has 0 aromatic carbocycles. The van der Waals surface area contributed by atoms with Gasteiger partial charge in [-0.05, 0) is 18.3 Å². The number of aryl methyl sites for hydroxylation is 1. The molecule has 0 spiro atoms. The molecule has 0 atom stereocenters. The molecule has 0 bridgehead atoms. The average Bonchev–Trinajstić information content (AvgIpc) is 2.69. The Kier molecular flexibility index (Phi) is 4.59. The molecule has 0 radical (unpaired) electrons. The first-order valence-electron chi connectivity index (χ1n) is 7.37. The van der Waals surface area contributed by atoms with Crippen molar-refractivity contribution in [2.24, 2.45) is 12.5 Å². The molecular weight excluding hydrogens is 272 g/mol. The molecule has 21 heavy (non-hydrogen) atoms. The van der Waals surface area contributed by atoms with Gasteiger partial charge in [0.05, 0.1) is 4.92 Å². The SMILES string of the molecule is Cn1ncc([N+](=O)[O-])c1C(=O)NCC1(C)CCCCCC1. The molecule has 0 saturated heterocycles. The number of hydrogen-bond donors (Lipinski definition) is 1. The molecule has 1 heterocycles. The Bertz CT molecular complexity index is 530. The summed E-state index contributed by atoms with van der Waals surface area (Å²) in [6.07, 6.45) is 8.13. The summed E-state index contributed by atoms with van der Waals surface area (Å²) in [4.78, 5) is 22.6. The number of nitrogens with zero attached hydrogens (tertiary/aromatic N) is 3. The van der Waals surface area contributed by atoms with Crippen molar-refractivity contribution in [3.63, 3.8) is 0 Å². The lowest BCUT2D eigenvalue weighted by atomic mass is 9.82. The van der Waals surface area contributed by atoms with Gasteiger partial charge in [0.2, 0.25) is 5.69 Å². The van der Waals surface area contributed by atoms with Crippen molar-refractivity contribution in [3.05, 3.63) is 22.0 Å². The van der Waals surface area contributed by atoms with Gasteiger partial charge in [-0.25, -0.2) is 0 Å². The third-order valence-corrected chi connectivity index (χ3v) is 4.32. The number of aromatic nitrogens is 2. The van der Waals surface area contributed by atoms with Crippen LogP contribution in [0, 0.1) is 15.5 Å². The first kappa shape index (κ1) is 15.5. The van der Waals surface area contributed by atoms with Crippen molar-refractivity contribution in [1.82, 2.24) is 15.1 Å². The van der Waals surface area contributed by atoms with Crippen LogP contribution in [0.25, 0.3) is 0 Å². The molecule has 1 aromatic heterocycles. The lowest BCUT2D eigenvalue weighted by Gasteiger charge is -2.28. The molecule has 2 rings (SSSR count). The van der Waals surface area contributed by atoms with E-state index in [1.54, 1.807) is 0 Å². The van der Waals surface area contributed by atoms with Crippen molar-refractivity contribution in [1.29, 1.82) is 0 Å². The maximum absolute atomic E-state index is 12.2. The van der Waals surface area contributed by atoms with Crippen LogP contribution in [0.4, 0.5) is 5.69 Å². The average molecular weight is 294 g/mol. The second-order valence-corrected chi connectivity index (χ2v) is 6.17. The maximum atomic E-state index is 12.2. The summed E-state index contributed by atoms with van der Waals surface area (Å²) >= 11 is 0. The summed E-state index contributed by atoms with van der Waals surface area (Å²) in [6, 6.07) is 0. The predicted octanol–water partition coefficient (Wildman–Crippen LogP) is 2.42. The molecule has 1 aliphatic rings. The van der Waals surface area contributed by atoms with Crippen molar-refractivity contribution >= 4 is 11.6 Å². The van der Waals surface area contributed by atoms with Crippen molar-refractivity contribution in [3.8, 4) is 0 Å². The van der Waals surface area contributed by atoms with E-state index in [9.17, 15) is 14.9 Å². The number of carbonyl (C=O) groups excluding carboxylic acids is 1. The van der Waals surface area contributed by atoms with Crippen LogP contribution in [0.2, 0.25) is 0 Å². The van der Waals surface area contributed by atoms with Crippen LogP contribution in [-0.4, -0.2) is 27.2 Å². The molecule has 1 aliphatic carbocycles. The van der Waals surface area contributed by atoms with Gasteiger partial charge in [0.25, 0.3) is 5.91 Å². The Hall–Kier alpha value is -1.92. The fourth-order valence-corrected chi connectivity index (χ4v) is 2.96. The van der Waals surface area contributed by atoms with Gasteiger partial charge < -0.3 is 5.32 Å². The quantitative estimate of drug-likeness (QED) is 0.524. The second kappa shape index (κ2) is 6.24. The lowest BCUT2D eigenvalue weighted by Crippen LogP contribution is -2.36. The predicted molar refractivity (Wildman–Crippen MR) is 78.0 cm³/mol. The summed E-state index contributed by atoms with van der Waals surface area (Å²) in [5.74, 6) is -0.424. The zero-order valence-electron chi connectivity index (χ0n) is 12.6. The Morgan fingerprint density at radius 2 is 2.05 bits per heavy atom. The van der Waals surface area contributed by atoms with E-state index in [2.05, 4.69) is 17.3 Å². The van der Waals surface area contributed by atoms with Crippen molar-refractivity contribution < 1.29 is 9.72 Å². The summed E-state index contributed by atoms with van der Waals surface area (Å²) in [6.45, 7) is 2.73. The molecule has 0 unspecified atom stereocenters. The van der Waals surface area contributed by atoms with Gasteiger partial charge in [0.1, 0.15) is 6.20 Å². The molecule has 1 amide bonds. The lowest BCUT2D eigenvalue weighted by molar-refractivity contribution is -0.385. The fourth-order valence-electron chi connectivity index (χ4n) is 2.96. The van der Waals surface area contributed by atoms with Crippen LogP contribution in [-0.2, 0) is 7.05 Å². The molecule has 0 aliphatic heterocycles. The Morgan fingerprint density at radius 3 is 2.62 bits per heavy atom. The number of amides is 1. The smallest absolute Gasteiger partial charge is 0.320 e. The minimum atomic E-state index is -0.574. The fraction of sp³-hybridized carbons (Fsp3) is 0.714.